The predicted molar refractivity (Wildman–Crippen MR) is 293 cm³/mol. The molecule has 0 spiro atoms. The van der Waals surface area contributed by atoms with Crippen molar-refractivity contribution in [2.24, 2.45) is 5.14 Å². The molecule has 2 aliphatic heterocycles. The number of amides is 2. The molecule has 462 valence electrons. The lowest BCUT2D eigenvalue weighted by atomic mass is 10.1. The topological polar surface area (TPSA) is 252 Å². The molecule has 6 aromatic rings. The minimum absolute atomic E-state index is 0.163. The molecule has 0 bridgehead atoms. The van der Waals surface area contributed by atoms with Crippen LogP contribution in [-0.2, 0) is 33.1 Å². The van der Waals surface area contributed by atoms with E-state index in [4.69, 9.17) is 24.1 Å². The van der Waals surface area contributed by atoms with Crippen molar-refractivity contribution in [1.82, 2.24) is 24.2 Å². The number of methoxy groups -OCH3 is 4. The summed E-state index contributed by atoms with van der Waals surface area (Å²) >= 11 is 0. The third-order valence-electron chi connectivity index (χ3n) is 13.7. The van der Waals surface area contributed by atoms with Crippen LogP contribution in [0.15, 0.2) is 108 Å². The number of hydrogen-bond acceptors (Lipinski definition) is 18. The van der Waals surface area contributed by atoms with Gasteiger partial charge in [0, 0.05) is 113 Å². The first-order valence-electron chi connectivity index (χ1n) is 26.0. The molecule has 2 N–H and O–H groups in total. The second kappa shape index (κ2) is 26.5. The first kappa shape index (κ1) is 63.7. The fourth-order valence-electron chi connectivity index (χ4n) is 9.52. The molecule has 2 aliphatic rings. The number of nitrogens with zero attached hydrogens (tertiary/aromatic N) is 9. The highest BCUT2D eigenvalue weighted by Gasteiger charge is 2.41. The van der Waals surface area contributed by atoms with Crippen molar-refractivity contribution in [2.45, 2.75) is 86.7 Å². The summed E-state index contributed by atoms with van der Waals surface area (Å²) in [5, 5.41) is 4.47. The van der Waals surface area contributed by atoms with Gasteiger partial charge in [0.25, 0.3) is 31.9 Å². The summed E-state index contributed by atoms with van der Waals surface area (Å²) in [5.74, 6) is -11.1. The van der Waals surface area contributed by atoms with Crippen LogP contribution in [-0.4, -0.2) is 133 Å². The number of hydrazine groups is 1. The maximum atomic E-state index is 16.3. The molecule has 0 aliphatic carbocycles. The third kappa shape index (κ3) is 15.0. The van der Waals surface area contributed by atoms with E-state index in [1.807, 2.05) is 0 Å². The Morgan fingerprint density at radius 2 is 0.977 bits per heavy atom. The third-order valence-corrected chi connectivity index (χ3v) is 16.2. The minimum Gasteiger partial charge on any atom is -0.497 e. The highest BCUT2D eigenvalue weighted by atomic mass is 32.2. The fourth-order valence-corrected chi connectivity index (χ4v) is 11.4. The molecule has 0 radical (unpaired) electrons. The molecule has 4 aromatic heterocycles. The Morgan fingerprint density at radius 3 is 1.37 bits per heavy atom. The Kier molecular flexibility index (Phi) is 19.6. The van der Waals surface area contributed by atoms with Gasteiger partial charge in [0.05, 0.1) is 63.3 Å². The van der Waals surface area contributed by atoms with E-state index in [1.165, 1.54) is 74.6 Å². The molecule has 22 nitrogen and oxygen atoms in total. The Morgan fingerprint density at radius 1 is 0.558 bits per heavy atom. The number of aromatic nitrogens is 4. The molecular weight excluding hydrogens is 1200 g/mol. The molecule has 0 unspecified atom stereocenters. The predicted octanol–water partition coefficient (Wildman–Crippen LogP) is 8.70. The van der Waals surface area contributed by atoms with E-state index in [9.17, 15) is 34.8 Å². The van der Waals surface area contributed by atoms with Gasteiger partial charge in [-0.15, -0.1) is 0 Å². The molecule has 2 fully saturated rings. The van der Waals surface area contributed by atoms with Gasteiger partial charge in [-0.1, -0.05) is 12.1 Å². The number of ether oxygens (including phenoxy) is 6. The normalized spacial score (nSPS) is 15.4. The van der Waals surface area contributed by atoms with Crippen LogP contribution in [0.25, 0.3) is 0 Å². The Labute approximate surface area is 488 Å². The number of primary sulfonamides is 1. The summed E-state index contributed by atoms with van der Waals surface area (Å²) in [5.41, 5.74) is -2.43. The van der Waals surface area contributed by atoms with Crippen molar-refractivity contribution in [3.05, 3.63) is 120 Å². The van der Waals surface area contributed by atoms with Crippen LogP contribution >= 0.6 is 0 Å². The van der Waals surface area contributed by atoms with Crippen LogP contribution in [0.3, 0.4) is 0 Å². The van der Waals surface area contributed by atoms with Crippen LogP contribution in [0.1, 0.15) is 70.4 Å². The molecule has 86 heavy (non-hydrogen) atoms. The van der Waals surface area contributed by atoms with E-state index in [0.29, 0.717) is 27.6 Å². The molecule has 2 saturated heterocycles. The van der Waals surface area contributed by atoms with Gasteiger partial charge in [-0.05, 0) is 49.2 Å². The van der Waals surface area contributed by atoms with E-state index in [1.54, 1.807) is 0 Å². The molecule has 2 amide bonds. The van der Waals surface area contributed by atoms with Gasteiger partial charge < -0.3 is 38.2 Å². The summed E-state index contributed by atoms with van der Waals surface area (Å²) in [6.45, 7) is -9.57. The van der Waals surface area contributed by atoms with Crippen molar-refractivity contribution in [3.63, 3.8) is 0 Å². The fraction of sp³-hybridized carbons (Fsp3) is 0.370. The smallest absolute Gasteiger partial charge is 0.387 e. The Bertz CT molecular complexity index is 3620. The molecule has 0 saturated carbocycles. The van der Waals surface area contributed by atoms with Gasteiger partial charge in [-0.2, -0.15) is 21.9 Å². The number of alkyl halides is 8. The molecule has 8 rings (SSSR count). The number of rotatable bonds is 21. The number of anilines is 4. The second-order valence-electron chi connectivity index (χ2n) is 19.3. The lowest BCUT2D eigenvalue weighted by molar-refractivity contribution is -0.0507. The van der Waals surface area contributed by atoms with Crippen LogP contribution in [0.4, 0.5) is 58.1 Å². The number of carbonyl (C=O) groups is 2. The van der Waals surface area contributed by atoms with Gasteiger partial charge in [0.1, 0.15) is 46.1 Å². The van der Waals surface area contributed by atoms with Gasteiger partial charge in [0.2, 0.25) is 11.8 Å². The Balaban J connectivity index is 1.42. The van der Waals surface area contributed by atoms with E-state index >= 15 is 26.8 Å². The number of sulfonamides is 2. The van der Waals surface area contributed by atoms with E-state index < -0.39 is 164 Å². The van der Waals surface area contributed by atoms with E-state index in [0.717, 1.165) is 59.4 Å². The van der Waals surface area contributed by atoms with Crippen LogP contribution in [0.5, 0.6) is 34.5 Å². The number of pyridine rings is 4. The van der Waals surface area contributed by atoms with Gasteiger partial charge >= 0.3 is 13.2 Å². The van der Waals surface area contributed by atoms with Crippen molar-refractivity contribution in [1.29, 1.82) is 0 Å². The highest BCUT2D eigenvalue weighted by molar-refractivity contribution is 7.89. The molecule has 2 aromatic carbocycles. The zero-order valence-electron chi connectivity index (χ0n) is 46.2. The molecule has 6 heterocycles. The first-order valence-corrected chi connectivity index (χ1v) is 28.9. The van der Waals surface area contributed by atoms with Gasteiger partial charge in [-0.3, -0.25) is 9.59 Å². The zero-order valence-corrected chi connectivity index (χ0v) is 47.9. The second-order valence-corrected chi connectivity index (χ2v) is 22.7. The average Bonchev–Trinajstić information content (AvgIpc) is 0.962. The van der Waals surface area contributed by atoms with E-state index in [-0.39, 0.29) is 48.6 Å². The lowest BCUT2D eigenvalue weighted by Crippen LogP contribution is -2.51. The summed E-state index contributed by atoms with van der Waals surface area (Å²) in [6, 6.07) is 13.9. The van der Waals surface area contributed by atoms with Crippen LogP contribution < -0.4 is 53.4 Å². The monoisotopic (exact) mass is 1250 g/mol. The van der Waals surface area contributed by atoms with Crippen LogP contribution in [0, 0.1) is 0 Å². The molecular formula is C54H56F8N10O12S2. The maximum Gasteiger partial charge on any atom is 0.387 e. The van der Waals surface area contributed by atoms with Crippen LogP contribution in [0.2, 0.25) is 0 Å². The first-order chi connectivity index (χ1) is 40.7. The maximum absolute atomic E-state index is 16.3. The number of halogens is 8. The van der Waals surface area contributed by atoms with Crippen molar-refractivity contribution >= 4 is 54.9 Å². The number of benzene rings is 2. The number of nitrogens with two attached hydrogens (primary N) is 1. The molecule has 0 atom stereocenters. The quantitative estimate of drug-likeness (QED) is 0.0522. The van der Waals surface area contributed by atoms with Gasteiger partial charge in [0.15, 0.2) is 10.1 Å². The minimum atomic E-state index is -5.09. The lowest BCUT2D eigenvalue weighted by Gasteiger charge is -2.37. The molecule has 32 heteroatoms. The van der Waals surface area contributed by atoms with E-state index in [2.05, 4.69) is 29.4 Å². The SMILES string of the molecule is COc1ccc(CN(Cc2ccc(OC)cc2OC)S(=O)(=O)c2cc(N(C(=O)c3cc(OC(F)F)cnc3N3CCCC(F)(F)CC3)N(C(=O)c3cc(OC(F)F)cnc3N3CCCC(F)(F)CC3)c3ccnc(S(N)(=O)=O)c3)ccn2)c(OC)c1. The summed E-state index contributed by atoms with van der Waals surface area (Å²) in [7, 11) is -4.51. The van der Waals surface area contributed by atoms with Gasteiger partial charge in [-0.25, -0.2) is 69.5 Å². The van der Waals surface area contributed by atoms with Crippen molar-refractivity contribution < 1.29 is 90.0 Å². The summed E-state index contributed by atoms with van der Waals surface area (Å²) in [6.07, 6.45) is -0.0521. The largest absolute Gasteiger partial charge is 0.497 e. The number of hydrogen-bond donors (Lipinski definition) is 1. The number of carbonyl (C=O) groups excluding carboxylic acids is 2. The highest BCUT2D eigenvalue weighted by Crippen LogP contribution is 2.39. The standard InChI is InChI=1S/C54H56F8N10O12S2/c1-79-37-9-7-33(43(27-37)81-3)31-70(32-34-8-10-38(80-2)28-44(34)82-4)86(77,78)46-24-36(12-18-65-46)72(50(74)42-26-40(84-52(57)58)30-67-48(42)69-20-6-14-54(61,62)16-22-69)71(35-11-17-64-45(23-35)85(63,75)76)49(73)41-25-39(83-51(55)56)29-66-47(41)68-19-5-13-53(59,60)15-21-68/h7-12,17-18,23-30,51-52H,5-6,13-16,19-22,31-32H2,1-4H3,(H2,63,75,76). The Hall–Kier alpha value is -8.36. The van der Waals surface area contributed by atoms with Crippen molar-refractivity contribution in [3.8, 4) is 34.5 Å². The van der Waals surface area contributed by atoms with Crippen molar-refractivity contribution in [2.75, 3.05) is 74.4 Å². The summed E-state index contributed by atoms with van der Waals surface area (Å²) < 4.78 is 206. The zero-order chi connectivity index (χ0) is 62.3. The summed E-state index contributed by atoms with van der Waals surface area (Å²) in [4.78, 5) is 51.3. The average molecular weight is 1250 g/mol.